The standard InChI is InChI=1S/C26H27BN4O/c1-30(23-14-19-3-4-20(15-23)27(19)17-28)21-5-7-24-18(13-21)9-12-32-26-16-22(6-8-25(24)26)31-11-2-10-29-31/h2,5-8,10-11,13,16,19-20,23H,3-4,9,12,14-15H2,1H3. The van der Waals surface area contributed by atoms with Gasteiger partial charge < -0.3 is 9.64 Å². The van der Waals surface area contributed by atoms with Crippen molar-refractivity contribution in [3.8, 4) is 28.5 Å². The zero-order chi connectivity index (χ0) is 21.7. The number of rotatable bonds is 3. The molecule has 2 saturated heterocycles. The summed E-state index contributed by atoms with van der Waals surface area (Å²) in [4.78, 5) is 2.46. The molecule has 0 aliphatic carbocycles. The average molecular weight is 422 g/mol. The molecule has 2 atom stereocenters. The van der Waals surface area contributed by atoms with E-state index in [9.17, 15) is 5.26 Å². The number of hydrogen-bond acceptors (Lipinski definition) is 4. The van der Waals surface area contributed by atoms with Crippen LogP contribution in [0.25, 0.3) is 16.8 Å². The zero-order valence-corrected chi connectivity index (χ0v) is 18.4. The topological polar surface area (TPSA) is 54.1 Å². The maximum atomic E-state index is 9.54. The molecule has 3 aliphatic rings. The quantitative estimate of drug-likeness (QED) is 0.547. The van der Waals surface area contributed by atoms with Gasteiger partial charge in [-0.2, -0.15) is 5.10 Å². The molecule has 32 heavy (non-hydrogen) atoms. The van der Waals surface area contributed by atoms with E-state index in [1.807, 2.05) is 16.9 Å². The van der Waals surface area contributed by atoms with Crippen molar-refractivity contribution in [2.75, 3.05) is 18.6 Å². The minimum atomic E-state index is 0.284. The largest absolute Gasteiger partial charge is 0.493 e. The second-order valence-electron chi connectivity index (χ2n) is 9.56. The summed E-state index contributed by atoms with van der Waals surface area (Å²) >= 11 is 0. The predicted molar refractivity (Wildman–Crippen MR) is 128 cm³/mol. The van der Waals surface area contributed by atoms with E-state index in [2.05, 4.69) is 59.4 Å². The fourth-order valence-electron chi connectivity index (χ4n) is 6.19. The highest BCUT2D eigenvalue weighted by Gasteiger charge is 2.46. The van der Waals surface area contributed by atoms with Crippen molar-refractivity contribution < 1.29 is 4.74 Å². The fourth-order valence-corrected chi connectivity index (χ4v) is 6.19. The second kappa shape index (κ2) is 7.74. The maximum Gasteiger partial charge on any atom is 0.274 e. The van der Waals surface area contributed by atoms with Crippen molar-refractivity contribution in [2.24, 2.45) is 0 Å². The van der Waals surface area contributed by atoms with E-state index in [4.69, 9.17) is 4.74 Å². The van der Waals surface area contributed by atoms with Crippen molar-refractivity contribution in [1.82, 2.24) is 9.78 Å². The first-order chi connectivity index (χ1) is 15.7. The Kier molecular flexibility index (Phi) is 4.71. The number of nitrogens with zero attached hydrogens (tertiary/aromatic N) is 4. The van der Waals surface area contributed by atoms with Crippen LogP contribution in [0.5, 0.6) is 5.75 Å². The van der Waals surface area contributed by atoms with Crippen molar-refractivity contribution >= 4 is 12.4 Å². The molecule has 6 rings (SSSR count). The van der Waals surface area contributed by atoms with E-state index >= 15 is 0 Å². The summed E-state index contributed by atoms with van der Waals surface area (Å²) in [7, 11) is 2.23. The first-order valence-electron chi connectivity index (χ1n) is 11.7. The number of ether oxygens (including phenoxy) is 1. The Morgan fingerprint density at radius 1 is 1.12 bits per heavy atom. The molecule has 3 aliphatic heterocycles. The van der Waals surface area contributed by atoms with Crippen molar-refractivity contribution in [2.45, 2.75) is 49.8 Å². The van der Waals surface area contributed by atoms with Crippen LogP contribution in [-0.4, -0.2) is 36.2 Å². The minimum Gasteiger partial charge on any atom is -0.493 e. The highest BCUT2D eigenvalue weighted by atomic mass is 16.5. The molecule has 6 heteroatoms. The van der Waals surface area contributed by atoms with E-state index in [1.165, 1.54) is 29.7 Å². The molecule has 160 valence electrons. The molecule has 0 saturated carbocycles. The van der Waals surface area contributed by atoms with Gasteiger partial charge in [-0.05, 0) is 65.9 Å². The highest BCUT2D eigenvalue weighted by molar-refractivity contribution is 6.70. The molecule has 0 radical (unpaired) electrons. The normalized spacial score (nSPS) is 23.5. The molecular weight excluding hydrogens is 395 g/mol. The van der Waals surface area contributed by atoms with Crippen LogP contribution in [0.4, 0.5) is 5.69 Å². The third-order valence-corrected chi connectivity index (χ3v) is 7.92. The van der Waals surface area contributed by atoms with E-state index in [0.29, 0.717) is 24.3 Å². The Morgan fingerprint density at radius 3 is 2.69 bits per heavy atom. The van der Waals surface area contributed by atoms with Crippen LogP contribution in [0.2, 0.25) is 11.6 Å². The average Bonchev–Trinajstić information content (AvgIpc) is 3.39. The molecule has 3 aromatic rings. The Morgan fingerprint density at radius 2 is 1.94 bits per heavy atom. The number of hydrogen-bond donors (Lipinski definition) is 0. The van der Waals surface area contributed by atoms with Crippen LogP contribution in [0.15, 0.2) is 54.9 Å². The SMILES string of the molecule is CN(c1ccc2c(c1)CCOc1cc(-n3cccn3)ccc1-2)C1CC2CCC(C1)B2C#N. The lowest BCUT2D eigenvalue weighted by molar-refractivity contribution is 0.326. The summed E-state index contributed by atoms with van der Waals surface area (Å²) < 4.78 is 8.02. The summed E-state index contributed by atoms with van der Waals surface area (Å²) in [6, 6.07) is 15.7. The third-order valence-electron chi connectivity index (χ3n) is 7.92. The van der Waals surface area contributed by atoms with Crippen LogP contribution in [0.3, 0.4) is 0 Å². The Hall–Kier alpha value is -3.20. The molecule has 2 fully saturated rings. The van der Waals surface area contributed by atoms with Gasteiger partial charge in [0.05, 0.1) is 12.3 Å². The molecule has 1 aromatic heterocycles. The first kappa shape index (κ1) is 19.5. The van der Waals surface area contributed by atoms with E-state index in [0.717, 1.165) is 36.3 Å². The van der Waals surface area contributed by atoms with Crippen molar-refractivity contribution in [3.05, 3.63) is 60.4 Å². The number of benzene rings is 2. The lowest BCUT2D eigenvalue weighted by Crippen LogP contribution is -2.40. The molecule has 0 spiro atoms. The molecular formula is C26H27BN4O. The van der Waals surface area contributed by atoms with Gasteiger partial charge in [0.25, 0.3) is 6.71 Å². The summed E-state index contributed by atoms with van der Waals surface area (Å²) in [5.41, 5.74) is 6.04. The number of aromatic nitrogens is 2. The van der Waals surface area contributed by atoms with Crippen LogP contribution in [-0.2, 0) is 6.42 Å². The summed E-state index contributed by atoms with van der Waals surface area (Å²) in [5, 5.41) is 13.9. The molecule has 5 nitrogen and oxygen atoms in total. The zero-order valence-electron chi connectivity index (χ0n) is 18.4. The highest BCUT2D eigenvalue weighted by Crippen LogP contribution is 2.50. The molecule has 4 heterocycles. The fraction of sp³-hybridized carbons (Fsp3) is 0.385. The Labute approximate surface area is 189 Å². The molecule has 0 amide bonds. The summed E-state index contributed by atoms with van der Waals surface area (Å²) in [5.74, 6) is 4.68. The Balaban J connectivity index is 1.29. The van der Waals surface area contributed by atoms with Gasteiger partial charge in [0.2, 0.25) is 0 Å². The van der Waals surface area contributed by atoms with Gasteiger partial charge in [0.15, 0.2) is 0 Å². The number of fused-ring (bicyclic) bond motifs is 5. The first-order valence-corrected chi connectivity index (χ1v) is 11.7. The monoisotopic (exact) mass is 422 g/mol. The van der Waals surface area contributed by atoms with Gasteiger partial charge in [0, 0.05) is 55.2 Å². The third kappa shape index (κ3) is 3.19. The minimum absolute atomic E-state index is 0.284. The van der Waals surface area contributed by atoms with Crippen LogP contribution < -0.4 is 9.64 Å². The summed E-state index contributed by atoms with van der Waals surface area (Å²) in [6.07, 6.45) is 9.38. The molecule has 0 N–H and O–H groups in total. The molecule has 2 aromatic carbocycles. The summed E-state index contributed by atoms with van der Waals surface area (Å²) in [6.45, 7) is 0.958. The molecule has 2 bridgehead atoms. The Bertz CT molecular complexity index is 1170. The lowest BCUT2D eigenvalue weighted by atomic mass is 9.35. The van der Waals surface area contributed by atoms with Crippen LogP contribution in [0.1, 0.15) is 31.2 Å². The number of anilines is 1. The van der Waals surface area contributed by atoms with Gasteiger partial charge in [-0.25, -0.2) is 9.94 Å². The van der Waals surface area contributed by atoms with Crippen molar-refractivity contribution in [3.63, 3.8) is 0 Å². The van der Waals surface area contributed by atoms with Gasteiger partial charge in [0.1, 0.15) is 5.75 Å². The molecule has 2 unspecified atom stereocenters. The van der Waals surface area contributed by atoms with Gasteiger partial charge >= 0.3 is 0 Å². The van der Waals surface area contributed by atoms with Gasteiger partial charge in [-0.3, -0.25) is 0 Å². The van der Waals surface area contributed by atoms with Gasteiger partial charge in [-0.1, -0.05) is 18.9 Å². The smallest absolute Gasteiger partial charge is 0.274 e. The second-order valence-corrected chi connectivity index (χ2v) is 9.56. The van der Waals surface area contributed by atoms with E-state index in [1.54, 1.807) is 6.20 Å². The van der Waals surface area contributed by atoms with E-state index < -0.39 is 0 Å². The van der Waals surface area contributed by atoms with Crippen LogP contribution in [0, 0.1) is 11.2 Å². The lowest BCUT2D eigenvalue weighted by Gasteiger charge is -2.37. The number of nitriles is 1. The predicted octanol–water partition coefficient (Wildman–Crippen LogP) is 5.16. The van der Waals surface area contributed by atoms with Crippen molar-refractivity contribution in [1.29, 1.82) is 5.26 Å². The van der Waals surface area contributed by atoms with Crippen LogP contribution >= 0.6 is 0 Å². The van der Waals surface area contributed by atoms with E-state index in [-0.39, 0.29) is 6.71 Å². The van der Waals surface area contributed by atoms with Gasteiger partial charge in [-0.15, -0.1) is 0 Å². The maximum absolute atomic E-state index is 9.54.